The van der Waals surface area contributed by atoms with Crippen LogP contribution < -0.4 is 10.6 Å². The Hall–Kier alpha value is -1.32. The van der Waals surface area contributed by atoms with Gasteiger partial charge >= 0.3 is 0 Å². The maximum atomic E-state index is 12.6. The van der Waals surface area contributed by atoms with Gasteiger partial charge in [0.15, 0.2) is 0 Å². The van der Waals surface area contributed by atoms with Crippen LogP contribution in [0.3, 0.4) is 0 Å². The van der Waals surface area contributed by atoms with E-state index in [1.54, 1.807) is 6.08 Å². The zero-order valence-corrected chi connectivity index (χ0v) is 22.4. The fourth-order valence-electron chi connectivity index (χ4n) is 4.18. The molecule has 2 N–H and O–H groups in total. The van der Waals surface area contributed by atoms with Crippen LogP contribution in [-0.4, -0.2) is 24.4 Å². The number of amides is 2. The first-order chi connectivity index (χ1) is 16.1. The molecular weight excluding hydrogens is 408 g/mol. The first kappa shape index (κ1) is 31.7. The topological polar surface area (TPSA) is 58.2 Å². The van der Waals surface area contributed by atoms with Crippen molar-refractivity contribution < 1.29 is 9.59 Å². The SMILES string of the molecule is C=CCCC(=O)N[C@H](C(=O)NCCCCCCCCCCCCCCCCCC)[C@@H](C)CC. The molecule has 0 spiro atoms. The molecule has 4 heteroatoms. The number of nitrogens with one attached hydrogen (secondary N) is 2. The molecule has 0 aromatic heterocycles. The molecule has 0 aromatic carbocycles. The van der Waals surface area contributed by atoms with Gasteiger partial charge in [0.05, 0.1) is 0 Å². The number of rotatable bonds is 24. The highest BCUT2D eigenvalue weighted by Crippen LogP contribution is 2.14. The summed E-state index contributed by atoms with van der Waals surface area (Å²) in [5, 5.41) is 5.95. The standard InChI is InChI=1S/C29H56N2O2/c1-5-8-10-11-12-13-14-15-16-17-18-19-20-21-22-23-25-30-29(33)28(26(4)7-3)31-27(32)24-9-6-2/h6,26,28H,2,5,7-25H2,1,3-4H3,(H,30,33)(H,31,32)/t26-,28-/m0/s1. The Labute approximate surface area is 206 Å². The third-order valence-electron chi connectivity index (χ3n) is 6.72. The Morgan fingerprint density at radius 3 is 1.64 bits per heavy atom. The molecule has 0 rings (SSSR count). The molecule has 0 unspecified atom stereocenters. The molecule has 194 valence electrons. The maximum Gasteiger partial charge on any atom is 0.242 e. The average molecular weight is 465 g/mol. The molecule has 0 radical (unpaired) electrons. The molecular formula is C29H56N2O2. The average Bonchev–Trinajstić information content (AvgIpc) is 2.82. The van der Waals surface area contributed by atoms with Gasteiger partial charge in [-0.3, -0.25) is 9.59 Å². The van der Waals surface area contributed by atoms with Gasteiger partial charge in [-0.05, 0) is 18.8 Å². The minimum Gasteiger partial charge on any atom is -0.354 e. The van der Waals surface area contributed by atoms with Crippen LogP contribution in [0.1, 0.15) is 143 Å². The van der Waals surface area contributed by atoms with E-state index in [0.29, 0.717) is 19.4 Å². The van der Waals surface area contributed by atoms with Crippen LogP contribution >= 0.6 is 0 Å². The molecule has 0 aliphatic carbocycles. The van der Waals surface area contributed by atoms with Crippen LogP contribution in [0, 0.1) is 5.92 Å². The van der Waals surface area contributed by atoms with Gasteiger partial charge in [-0.1, -0.05) is 130 Å². The van der Waals surface area contributed by atoms with E-state index in [2.05, 4.69) is 31.1 Å². The third-order valence-corrected chi connectivity index (χ3v) is 6.72. The van der Waals surface area contributed by atoms with Gasteiger partial charge in [0.2, 0.25) is 11.8 Å². The lowest BCUT2D eigenvalue weighted by Gasteiger charge is -2.23. The quantitative estimate of drug-likeness (QED) is 0.113. The second-order valence-electron chi connectivity index (χ2n) is 9.85. The summed E-state index contributed by atoms with van der Waals surface area (Å²) in [6.07, 6.45) is 25.2. The highest BCUT2D eigenvalue weighted by molar-refractivity contribution is 5.87. The molecule has 0 fully saturated rings. The van der Waals surface area contributed by atoms with Crippen molar-refractivity contribution in [1.82, 2.24) is 10.6 Å². The van der Waals surface area contributed by atoms with Gasteiger partial charge in [-0.15, -0.1) is 6.58 Å². The molecule has 2 amide bonds. The molecule has 0 aromatic rings. The second kappa shape index (κ2) is 23.8. The first-order valence-electron chi connectivity index (χ1n) is 14.2. The molecule has 0 bridgehead atoms. The molecule has 0 aliphatic heterocycles. The lowest BCUT2D eigenvalue weighted by atomic mass is 9.98. The van der Waals surface area contributed by atoms with E-state index in [4.69, 9.17) is 0 Å². The number of allylic oxidation sites excluding steroid dienone is 1. The Morgan fingerprint density at radius 1 is 0.758 bits per heavy atom. The van der Waals surface area contributed by atoms with Crippen LogP contribution in [0.5, 0.6) is 0 Å². The first-order valence-corrected chi connectivity index (χ1v) is 14.2. The van der Waals surface area contributed by atoms with Crippen molar-refractivity contribution in [2.75, 3.05) is 6.54 Å². The Morgan fingerprint density at radius 2 is 1.21 bits per heavy atom. The van der Waals surface area contributed by atoms with Gasteiger partial charge in [-0.2, -0.15) is 0 Å². The summed E-state index contributed by atoms with van der Waals surface area (Å²) in [5.41, 5.74) is 0. The number of carbonyl (C=O) groups is 2. The number of carbonyl (C=O) groups excluding carboxylic acids is 2. The van der Waals surface area contributed by atoms with E-state index in [0.717, 1.165) is 19.3 Å². The Bertz CT molecular complexity index is 478. The molecule has 2 atom stereocenters. The van der Waals surface area contributed by atoms with Gasteiger partial charge in [0.1, 0.15) is 6.04 Å². The summed E-state index contributed by atoms with van der Waals surface area (Å²) < 4.78 is 0. The number of hydrogen-bond acceptors (Lipinski definition) is 2. The van der Waals surface area contributed by atoms with E-state index in [-0.39, 0.29) is 17.7 Å². The summed E-state index contributed by atoms with van der Waals surface area (Å²) in [7, 11) is 0. The lowest BCUT2D eigenvalue weighted by Crippen LogP contribution is -2.50. The zero-order valence-electron chi connectivity index (χ0n) is 22.4. The van der Waals surface area contributed by atoms with E-state index in [1.165, 1.54) is 89.9 Å². The number of hydrogen-bond donors (Lipinski definition) is 2. The van der Waals surface area contributed by atoms with Gasteiger partial charge in [-0.25, -0.2) is 0 Å². The summed E-state index contributed by atoms with van der Waals surface area (Å²) in [6, 6.07) is -0.437. The smallest absolute Gasteiger partial charge is 0.242 e. The Kier molecular flexibility index (Phi) is 22.9. The molecule has 4 nitrogen and oxygen atoms in total. The largest absolute Gasteiger partial charge is 0.354 e. The predicted octanol–water partition coefficient (Wildman–Crippen LogP) is 7.86. The molecule has 0 saturated heterocycles. The predicted molar refractivity (Wildman–Crippen MR) is 143 cm³/mol. The summed E-state index contributed by atoms with van der Waals surface area (Å²) in [5.74, 6) is 0.0125. The van der Waals surface area contributed by atoms with Crippen molar-refractivity contribution in [3.63, 3.8) is 0 Å². The molecule has 0 aliphatic rings. The molecule has 33 heavy (non-hydrogen) atoms. The maximum absolute atomic E-state index is 12.6. The van der Waals surface area contributed by atoms with Gasteiger partial charge < -0.3 is 10.6 Å². The van der Waals surface area contributed by atoms with Crippen molar-refractivity contribution in [3.05, 3.63) is 12.7 Å². The van der Waals surface area contributed by atoms with Crippen molar-refractivity contribution in [2.24, 2.45) is 5.92 Å². The second-order valence-corrected chi connectivity index (χ2v) is 9.85. The van der Waals surface area contributed by atoms with Crippen LogP contribution in [0.15, 0.2) is 12.7 Å². The minimum atomic E-state index is -0.437. The number of unbranched alkanes of at least 4 members (excludes halogenated alkanes) is 15. The van der Waals surface area contributed by atoms with E-state index >= 15 is 0 Å². The van der Waals surface area contributed by atoms with Crippen molar-refractivity contribution in [3.8, 4) is 0 Å². The van der Waals surface area contributed by atoms with Gasteiger partial charge in [0.25, 0.3) is 0 Å². The van der Waals surface area contributed by atoms with E-state index in [9.17, 15) is 9.59 Å². The fourth-order valence-corrected chi connectivity index (χ4v) is 4.18. The van der Waals surface area contributed by atoms with E-state index < -0.39 is 6.04 Å². The summed E-state index contributed by atoms with van der Waals surface area (Å²) in [6.45, 7) is 10.7. The molecule has 0 heterocycles. The highest BCUT2D eigenvalue weighted by Gasteiger charge is 2.25. The van der Waals surface area contributed by atoms with Crippen molar-refractivity contribution in [2.45, 2.75) is 149 Å². The van der Waals surface area contributed by atoms with E-state index in [1.807, 2.05) is 6.92 Å². The third kappa shape index (κ3) is 19.8. The monoisotopic (exact) mass is 464 g/mol. The van der Waals surface area contributed by atoms with Crippen molar-refractivity contribution in [1.29, 1.82) is 0 Å². The van der Waals surface area contributed by atoms with Crippen LogP contribution in [0.4, 0.5) is 0 Å². The summed E-state index contributed by atoms with van der Waals surface area (Å²) >= 11 is 0. The minimum absolute atomic E-state index is 0.0442. The fraction of sp³-hybridized carbons (Fsp3) is 0.862. The van der Waals surface area contributed by atoms with Crippen LogP contribution in [-0.2, 0) is 9.59 Å². The van der Waals surface area contributed by atoms with Crippen molar-refractivity contribution >= 4 is 11.8 Å². The molecule has 0 saturated carbocycles. The lowest BCUT2D eigenvalue weighted by molar-refractivity contribution is -0.130. The van der Waals surface area contributed by atoms with Crippen LogP contribution in [0.2, 0.25) is 0 Å². The Balaban J connectivity index is 3.63. The zero-order chi connectivity index (χ0) is 24.6. The van der Waals surface area contributed by atoms with Crippen LogP contribution in [0.25, 0.3) is 0 Å². The highest BCUT2D eigenvalue weighted by atomic mass is 16.2. The summed E-state index contributed by atoms with van der Waals surface area (Å²) in [4.78, 5) is 24.6. The van der Waals surface area contributed by atoms with Gasteiger partial charge in [0, 0.05) is 13.0 Å². The normalized spacial score (nSPS) is 12.8.